The zero-order valence-electron chi connectivity index (χ0n) is 7.77. The third-order valence-corrected chi connectivity index (χ3v) is 2.48. The Morgan fingerprint density at radius 3 is 3.21 bits per heavy atom. The Kier molecular flexibility index (Phi) is 2.46. The Bertz CT molecular complexity index is 390. The van der Waals surface area contributed by atoms with Gasteiger partial charge in [-0.15, -0.1) is 0 Å². The first-order valence-corrected chi connectivity index (χ1v) is 4.66. The molecule has 1 aromatic carbocycles. The monoisotopic (exact) mass is 185 g/mol. The van der Waals surface area contributed by atoms with Gasteiger partial charge in [0.25, 0.3) is 0 Å². The van der Waals surface area contributed by atoms with Crippen LogP contribution in [0.1, 0.15) is 23.6 Å². The molecule has 0 aromatic heterocycles. The number of nitriles is 1. The smallest absolute Gasteiger partial charge is 0.182 e. The topological polar surface area (TPSA) is 48.2 Å². The predicted molar refractivity (Wildman–Crippen MR) is 54.7 cm³/mol. The minimum Gasteiger partial charge on any atom is -0.283 e. The fourth-order valence-corrected chi connectivity index (χ4v) is 1.85. The fourth-order valence-electron chi connectivity index (χ4n) is 1.85. The lowest BCUT2D eigenvalue weighted by Gasteiger charge is -2.03. The molecule has 3 nitrogen and oxygen atoms in total. The highest BCUT2D eigenvalue weighted by atomic mass is 14.9. The van der Waals surface area contributed by atoms with Crippen molar-refractivity contribution in [3.63, 3.8) is 0 Å². The molecule has 1 N–H and O–H groups in total. The van der Waals surface area contributed by atoms with Gasteiger partial charge in [0.2, 0.25) is 0 Å². The van der Waals surface area contributed by atoms with Crippen molar-refractivity contribution in [2.75, 3.05) is 0 Å². The van der Waals surface area contributed by atoms with Crippen molar-refractivity contribution < 1.29 is 0 Å². The van der Waals surface area contributed by atoms with Crippen molar-refractivity contribution in [1.29, 1.82) is 5.26 Å². The summed E-state index contributed by atoms with van der Waals surface area (Å²) in [4.78, 5) is 4.30. The van der Waals surface area contributed by atoms with Crippen LogP contribution in [0.4, 0.5) is 0 Å². The van der Waals surface area contributed by atoms with Gasteiger partial charge < -0.3 is 0 Å². The molecule has 0 spiro atoms. The summed E-state index contributed by atoms with van der Waals surface area (Å²) in [6, 6.07) is 8.56. The van der Waals surface area contributed by atoms with Crippen LogP contribution >= 0.6 is 0 Å². The van der Waals surface area contributed by atoms with Crippen molar-refractivity contribution >= 4 is 6.34 Å². The van der Waals surface area contributed by atoms with E-state index in [4.69, 9.17) is 5.26 Å². The summed E-state index contributed by atoms with van der Waals surface area (Å²) in [5.74, 6) is 0. The summed E-state index contributed by atoms with van der Waals surface area (Å²) in [5.41, 5.74) is 2.68. The predicted octanol–water partition coefficient (Wildman–Crippen LogP) is 1.77. The number of rotatable bonds is 2. The molecule has 0 amide bonds. The van der Waals surface area contributed by atoms with Crippen molar-refractivity contribution in [1.82, 2.24) is 5.32 Å². The van der Waals surface area contributed by atoms with E-state index in [1.807, 2.05) is 12.3 Å². The molecule has 2 rings (SSSR count). The molecule has 0 bridgehead atoms. The van der Waals surface area contributed by atoms with E-state index in [9.17, 15) is 0 Å². The maximum absolute atomic E-state index is 8.28. The molecule has 1 aromatic rings. The molecule has 70 valence electrons. The van der Waals surface area contributed by atoms with Gasteiger partial charge in [-0.05, 0) is 24.0 Å². The Hall–Kier alpha value is -1.82. The van der Waals surface area contributed by atoms with Gasteiger partial charge in [-0.2, -0.15) is 5.26 Å². The number of fused-ring (bicyclic) bond motifs is 1. The van der Waals surface area contributed by atoms with Gasteiger partial charge in [0.05, 0.1) is 12.4 Å². The number of hydrogen-bond donors (Lipinski definition) is 1. The minimum atomic E-state index is 0.229. The third kappa shape index (κ3) is 1.60. The third-order valence-electron chi connectivity index (χ3n) is 2.48. The highest BCUT2D eigenvalue weighted by Gasteiger charge is 2.19. The van der Waals surface area contributed by atoms with E-state index in [-0.39, 0.29) is 6.04 Å². The minimum absolute atomic E-state index is 0.229. The normalized spacial score (nSPS) is 19.2. The summed E-state index contributed by atoms with van der Waals surface area (Å²) >= 11 is 0. The zero-order chi connectivity index (χ0) is 9.80. The van der Waals surface area contributed by atoms with Gasteiger partial charge in [0.15, 0.2) is 6.19 Å². The molecule has 1 unspecified atom stereocenters. The molecule has 0 heterocycles. The standard InChI is InChI=1S/C11H11N3/c12-7-13-8-14-11-6-5-9-3-1-2-4-10(9)11/h1-4,8,11H,5-6H2,(H,13,14). The molecular weight excluding hydrogens is 174 g/mol. The van der Waals surface area contributed by atoms with Crippen LogP contribution < -0.4 is 5.32 Å². The van der Waals surface area contributed by atoms with Gasteiger partial charge in [-0.3, -0.25) is 10.3 Å². The van der Waals surface area contributed by atoms with Crippen molar-refractivity contribution in [3.8, 4) is 6.19 Å². The summed E-state index contributed by atoms with van der Waals surface area (Å²) in [5, 5.41) is 10.7. The first-order chi connectivity index (χ1) is 6.92. The molecule has 3 heteroatoms. The summed E-state index contributed by atoms with van der Waals surface area (Å²) < 4.78 is 0. The first kappa shape index (κ1) is 8.76. The van der Waals surface area contributed by atoms with Crippen LogP contribution in [0.5, 0.6) is 0 Å². The molecule has 1 atom stereocenters. The average Bonchev–Trinajstić information content (AvgIpc) is 2.63. The van der Waals surface area contributed by atoms with E-state index in [1.54, 1.807) is 0 Å². The van der Waals surface area contributed by atoms with Gasteiger partial charge in [-0.1, -0.05) is 24.3 Å². The number of hydrogen-bond acceptors (Lipinski definition) is 2. The van der Waals surface area contributed by atoms with Gasteiger partial charge in [-0.25, -0.2) is 0 Å². The average molecular weight is 185 g/mol. The van der Waals surface area contributed by atoms with Gasteiger partial charge >= 0.3 is 0 Å². The van der Waals surface area contributed by atoms with Crippen LogP contribution in [0.3, 0.4) is 0 Å². The first-order valence-electron chi connectivity index (χ1n) is 4.66. The maximum Gasteiger partial charge on any atom is 0.182 e. The Labute approximate surface area is 83.1 Å². The van der Waals surface area contributed by atoms with E-state index < -0.39 is 0 Å². The van der Waals surface area contributed by atoms with Crippen molar-refractivity contribution in [3.05, 3.63) is 35.4 Å². The lowest BCUT2D eigenvalue weighted by Crippen LogP contribution is -2.02. The van der Waals surface area contributed by atoms with E-state index in [0.29, 0.717) is 0 Å². The molecule has 14 heavy (non-hydrogen) atoms. The number of nitrogens with zero attached hydrogens (tertiary/aromatic N) is 2. The van der Waals surface area contributed by atoms with Crippen LogP contribution in [0, 0.1) is 11.5 Å². The van der Waals surface area contributed by atoms with Crippen molar-refractivity contribution in [2.45, 2.75) is 18.9 Å². The summed E-state index contributed by atoms with van der Waals surface area (Å²) in [7, 11) is 0. The van der Waals surface area contributed by atoms with Gasteiger partial charge in [0.1, 0.15) is 0 Å². The van der Waals surface area contributed by atoms with E-state index in [2.05, 4.69) is 28.5 Å². The Balaban J connectivity index is 2.15. The van der Waals surface area contributed by atoms with Crippen molar-refractivity contribution in [2.24, 2.45) is 4.99 Å². The second-order valence-electron chi connectivity index (χ2n) is 3.29. The van der Waals surface area contributed by atoms with Crippen LogP contribution in [0.15, 0.2) is 29.3 Å². The number of aryl methyl sites for hydroxylation is 1. The lowest BCUT2D eigenvalue weighted by atomic mass is 10.1. The molecule has 0 fully saturated rings. The molecule has 0 aliphatic heterocycles. The Morgan fingerprint density at radius 1 is 1.50 bits per heavy atom. The summed E-state index contributed by atoms with van der Waals surface area (Å²) in [6.07, 6.45) is 5.43. The van der Waals surface area contributed by atoms with E-state index >= 15 is 0 Å². The van der Waals surface area contributed by atoms with Crippen LogP contribution in [0.2, 0.25) is 0 Å². The maximum atomic E-state index is 8.28. The summed E-state index contributed by atoms with van der Waals surface area (Å²) in [6.45, 7) is 0. The number of benzene rings is 1. The van der Waals surface area contributed by atoms with Crippen LogP contribution in [-0.4, -0.2) is 6.34 Å². The quantitative estimate of drug-likeness (QED) is 0.330. The lowest BCUT2D eigenvalue weighted by molar-refractivity contribution is 0.716. The zero-order valence-corrected chi connectivity index (χ0v) is 7.77. The van der Waals surface area contributed by atoms with Crippen LogP contribution in [0.25, 0.3) is 0 Å². The molecule has 0 saturated heterocycles. The van der Waals surface area contributed by atoms with E-state index in [1.165, 1.54) is 17.5 Å². The molecule has 1 aliphatic rings. The number of nitrogens with one attached hydrogen (secondary N) is 1. The molecule has 0 saturated carbocycles. The second kappa shape index (κ2) is 3.93. The van der Waals surface area contributed by atoms with Crippen LogP contribution in [-0.2, 0) is 6.42 Å². The molecule has 1 aliphatic carbocycles. The fraction of sp³-hybridized carbons (Fsp3) is 0.273. The SMILES string of the molecule is N#CNC=NC1CCc2ccccc21. The van der Waals surface area contributed by atoms with Gasteiger partial charge in [0, 0.05) is 0 Å². The number of aliphatic imine (C=N–C) groups is 1. The Morgan fingerprint density at radius 2 is 2.36 bits per heavy atom. The molecular formula is C11H11N3. The van der Waals surface area contributed by atoms with E-state index in [0.717, 1.165) is 12.8 Å². The highest BCUT2D eigenvalue weighted by molar-refractivity contribution is 5.57. The highest BCUT2D eigenvalue weighted by Crippen LogP contribution is 2.33. The molecule has 0 radical (unpaired) electrons. The largest absolute Gasteiger partial charge is 0.283 e. The second-order valence-corrected chi connectivity index (χ2v) is 3.29.